The standard InChI is InChI=1S/C16H28S.C12H18Br2S/c1-2-3-4-5-6-7-8-9-10-11-13-16-14-12-15-17-16;1-2-3-4-5-6-7-8-10-9-11(13)15-12(10)14/h12,14-15H,2-11,13H2,1H3;9H,2-8H2,1H3. The van der Waals surface area contributed by atoms with Gasteiger partial charge in [0, 0.05) is 4.88 Å². The number of halogens is 2. The summed E-state index contributed by atoms with van der Waals surface area (Å²) in [5, 5.41) is 2.19. The highest BCUT2D eigenvalue weighted by Gasteiger charge is 2.04. The molecule has 32 heavy (non-hydrogen) atoms. The fraction of sp³-hybridized carbons (Fsp3) is 0.714. The van der Waals surface area contributed by atoms with E-state index in [4.69, 9.17) is 0 Å². The van der Waals surface area contributed by atoms with Gasteiger partial charge in [0.05, 0.1) is 7.57 Å². The van der Waals surface area contributed by atoms with Crippen LogP contribution >= 0.6 is 54.5 Å². The Morgan fingerprint density at radius 2 is 1.16 bits per heavy atom. The van der Waals surface area contributed by atoms with Gasteiger partial charge in [0.15, 0.2) is 0 Å². The van der Waals surface area contributed by atoms with E-state index in [9.17, 15) is 0 Å². The number of aryl methyl sites for hydroxylation is 2. The van der Waals surface area contributed by atoms with Crippen molar-refractivity contribution in [2.75, 3.05) is 0 Å². The molecule has 0 radical (unpaired) electrons. The molecule has 184 valence electrons. The highest BCUT2D eigenvalue weighted by Crippen LogP contribution is 2.32. The van der Waals surface area contributed by atoms with Gasteiger partial charge in [-0.25, -0.2) is 0 Å². The first-order valence-corrected chi connectivity index (χ1v) is 16.4. The summed E-state index contributed by atoms with van der Waals surface area (Å²) in [5.74, 6) is 0. The van der Waals surface area contributed by atoms with Gasteiger partial charge in [-0.15, -0.1) is 22.7 Å². The molecule has 0 aliphatic carbocycles. The molecule has 0 aliphatic heterocycles. The van der Waals surface area contributed by atoms with Gasteiger partial charge in [-0.3, -0.25) is 0 Å². The molecule has 2 heterocycles. The maximum atomic E-state index is 3.60. The molecule has 0 spiro atoms. The van der Waals surface area contributed by atoms with E-state index in [1.54, 1.807) is 16.2 Å². The van der Waals surface area contributed by atoms with Gasteiger partial charge in [0.25, 0.3) is 0 Å². The van der Waals surface area contributed by atoms with Crippen LogP contribution < -0.4 is 0 Å². The Hall–Kier alpha value is 0.360. The molecule has 2 rings (SSSR count). The number of rotatable bonds is 18. The lowest BCUT2D eigenvalue weighted by atomic mass is 10.1. The predicted molar refractivity (Wildman–Crippen MR) is 157 cm³/mol. The molecule has 0 atom stereocenters. The van der Waals surface area contributed by atoms with Crippen molar-refractivity contribution < 1.29 is 0 Å². The Bertz CT molecular complexity index is 634. The van der Waals surface area contributed by atoms with Crippen molar-refractivity contribution in [3.63, 3.8) is 0 Å². The van der Waals surface area contributed by atoms with Crippen LogP contribution in [-0.2, 0) is 12.8 Å². The van der Waals surface area contributed by atoms with Gasteiger partial charge < -0.3 is 0 Å². The van der Waals surface area contributed by atoms with Crippen LogP contribution in [0.5, 0.6) is 0 Å². The second-order valence-electron chi connectivity index (χ2n) is 8.88. The van der Waals surface area contributed by atoms with E-state index in [-0.39, 0.29) is 0 Å². The summed E-state index contributed by atoms with van der Waals surface area (Å²) < 4.78 is 2.53. The summed E-state index contributed by atoms with van der Waals surface area (Å²) in [6.07, 6.45) is 25.1. The summed E-state index contributed by atoms with van der Waals surface area (Å²) in [5.41, 5.74) is 1.46. The van der Waals surface area contributed by atoms with Crippen LogP contribution in [0, 0.1) is 0 Å². The summed E-state index contributed by atoms with van der Waals surface area (Å²) in [6.45, 7) is 4.55. The molecule has 0 aromatic carbocycles. The second kappa shape index (κ2) is 21.9. The Morgan fingerprint density at radius 1 is 0.656 bits per heavy atom. The summed E-state index contributed by atoms with van der Waals surface area (Å²) in [4.78, 5) is 1.56. The highest BCUT2D eigenvalue weighted by molar-refractivity contribution is 9.12. The Morgan fingerprint density at radius 3 is 1.59 bits per heavy atom. The van der Waals surface area contributed by atoms with Crippen molar-refractivity contribution in [1.82, 2.24) is 0 Å². The van der Waals surface area contributed by atoms with Crippen molar-refractivity contribution in [2.45, 2.75) is 129 Å². The van der Waals surface area contributed by atoms with Crippen molar-refractivity contribution in [2.24, 2.45) is 0 Å². The van der Waals surface area contributed by atoms with E-state index in [0.717, 1.165) is 0 Å². The van der Waals surface area contributed by atoms with Gasteiger partial charge in [-0.2, -0.15) is 0 Å². The van der Waals surface area contributed by atoms with E-state index in [2.05, 4.69) is 69.3 Å². The molecular weight excluding hydrogens is 560 g/mol. The average molecular weight is 607 g/mol. The average Bonchev–Trinajstić information content (AvgIpc) is 3.41. The number of unbranched alkanes of at least 4 members (excludes halogenated alkanes) is 14. The summed E-state index contributed by atoms with van der Waals surface area (Å²) in [7, 11) is 0. The zero-order valence-electron chi connectivity index (χ0n) is 20.6. The van der Waals surface area contributed by atoms with E-state index in [0.29, 0.717) is 0 Å². The number of thiophene rings is 2. The molecule has 2 aromatic heterocycles. The van der Waals surface area contributed by atoms with E-state index < -0.39 is 0 Å². The molecule has 0 amide bonds. The van der Waals surface area contributed by atoms with Crippen LogP contribution in [0.1, 0.15) is 127 Å². The molecule has 0 aliphatic rings. The third-order valence-corrected chi connectivity index (χ3v) is 9.28. The first kappa shape index (κ1) is 30.4. The lowest BCUT2D eigenvalue weighted by Gasteiger charge is -2.01. The Balaban J connectivity index is 0.000000323. The molecule has 0 saturated carbocycles. The lowest BCUT2D eigenvalue weighted by Crippen LogP contribution is -1.84. The van der Waals surface area contributed by atoms with E-state index in [1.807, 2.05) is 11.3 Å². The maximum absolute atomic E-state index is 3.60. The normalized spacial score (nSPS) is 10.9. The molecule has 0 nitrogen and oxygen atoms in total. The maximum Gasteiger partial charge on any atom is 0.0742 e. The third kappa shape index (κ3) is 16.9. The van der Waals surface area contributed by atoms with Crippen molar-refractivity contribution >= 4 is 54.5 Å². The van der Waals surface area contributed by atoms with Crippen LogP contribution in [0.25, 0.3) is 0 Å². The highest BCUT2D eigenvalue weighted by atomic mass is 79.9. The number of hydrogen-bond acceptors (Lipinski definition) is 2. The van der Waals surface area contributed by atoms with Gasteiger partial charge in [-0.05, 0) is 80.6 Å². The molecular formula is C28H46Br2S2. The largest absolute Gasteiger partial charge is 0.149 e. The topological polar surface area (TPSA) is 0 Å². The predicted octanol–water partition coefficient (Wildman–Crippen LogP) is 12.4. The minimum absolute atomic E-state index is 1.22. The van der Waals surface area contributed by atoms with Crippen LogP contribution in [0.4, 0.5) is 0 Å². The van der Waals surface area contributed by atoms with E-state index in [1.165, 1.54) is 129 Å². The number of hydrogen-bond donors (Lipinski definition) is 0. The molecule has 0 fully saturated rings. The smallest absolute Gasteiger partial charge is 0.0742 e. The summed E-state index contributed by atoms with van der Waals surface area (Å²) in [6, 6.07) is 6.66. The molecule has 0 N–H and O–H groups in total. The van der Waals surface area contributed by atoms with Gasteiger partial charge in [0.1, 0.15) is 0 Å². The van der Waals surface area contributed by atoms with E-state index >= 15 is 0 Å². The first-order chi connectivity index (χ1) is 15.7. The van der Waals surface area contributed by atoms with Gasteiger partial charge >= 0.3 is 0 Å². The zero-order valence-corrected chi connectivity index (χ0v) is 25.4. The molecule has 4 heteroatoms. The van der Waals surface area contributed by atoms with Crippen LogP contribution in [-0.4, -0.2) is 0 Å². The van der Waals surface area contributed by atoms with Gasteiger partial charge in [-0.1, -0.05) is 110 Å². The van der Waals surface area contributed by atoms with Crippen molar-refractivity contribution in [1.29, 1.82) is 0 Å². The third-order valence-electron chi connectivity index (χ3n) is 5.88. The van der Waals surface area contributed by atoms with Crippen LogP contribution in [0.2, 0.25) is 0 Å². The van der Waals surface area contributed by atoms with Crippen LogP contribution in [0.3, 0.4) is 0 Å². The second-order valence-corrected chi connectivity index (χ2v) is 13.7. The molecule has 0 saturated heterocycles. The molecule has 0 unspecified atom stereocenters. The fourth-order valence-corrected chi connectivity index (χ4v) is 7.55. The monoisotopic (exact) mass is 604 g/mol. The zero-order chi connectivity index (χ0) is 23.3. The summed E-state index contributed by atoms with van der Waals surface area (Å²) >= 11 is 10.8. The van der Waals surface area contributed by atoms with Gasteiger partial charge in [0.2, 0.25) is 0 Å². The fourth-order valence-electron chi connectivity index (χ4n) is 3.88. The lowest BCUT2D eigenvalue weighted by molar-refractivity contribution is 0.557. The molecule has 0 bridgehead atoms. The van der Waals surface area contributed by atoms with Crippen molar-refractivity contribution in [3.05, 3.63) is 41.6 Å². The minimum Gasteiger partial charge on any atom is -0.149 e. The first-order valence-electron chi connectivity index (χ1n) is 13.1. The Kier molecular flexibility index (Phi) is 20.8. The quantitative estimate of drug-likeness (QED) is 0.148. The van der Waals surface area contributed by atoms with Crippen molar-refractivity contribution in [3.8, 4) is 0 Å². The SMILES string of the molecule is CCCCCCCCCCCCc1cccs1.CCCCCCCCc1cc(Br)sc1Br. The van der Waals surface area contributed by atoms with Crippen LogP contribution in [0.15, 0.2) is 31.2 Å². The molecule has 2 aromatic rings. The minimum atomic E-state index is 1.22. The Labute approximate surface area is 224 Å².